The van der Waals surface area contributed by atoms with Crippen molar-refractivity contribution >= 4 is 10.1 Å². The van der Waals surface area contributed by atoms with Crippen molar-refractivity contribution in [3.8, 4) is 0 Å². The molecule has 0 atom stereocenters. The Hall–Kier alpha value is -1.09. The van der Waals surface area contributed by atoms with Crippen molar-refractivity contribution in [1.29, 1.82) is 0 Å². The van der Waals surface area contributed by atoms with Gasteiger partial charge in [-0.05, 0) is 13.3 Å². The lowest BCUT2D eigenvalue weighted by atomic mass is 10.1. The number of rotatable bonds is 12. The van der Waals surface area contributed by atoms with Gasteiger partial charge in [-0.25, -0.2) is 18.0 Å². The molecule has 0 aliphatic carbocycles. The van der Waals surface area contributed by atoms with Gasteiger partial charge in [0.2, 0.25) is 0 Å². The number of aromatic nitrogens is 2. The Kier molecular flexibility index (Phi) is 13.4. The van der Waals surface area contributed by atoms with Gasteiger partial charge in [0.1, 0.15) is 12.4 Å². The molecule has 0 aliphatic heterocycles. The summed E-state index contributed by atoms with van der Waals surface area (Å²) < 4.78 is 61.2. The molecular weight excluding hydrogens is 381 g/mol. The molecule has 0 saturated heterocycles. The summed E-state index contributed by atoms with van der Waals surface area (Å²) in [6, 6.07) is 0. The lowest BCUT2D eigenvalue weighted by Gasteiger charge is -2.08. The van der Waals surface area contributed by atoms with Gasteiger partial charge < -0.3 is 4.55 Å². The molecule has 0 spiro atoms. The van der Waals surface area contributed by atoms with Crippen LogP contribution in [0.15, 0.2) is 12.4 Å². The predicted octanol–water partition coefficient (Wildman–Crippen LogP) is 4.84. The molecule has 27 heavy (non-hydrogen) atoms. The molecular formula is C18H33F3N2O3S. The molecule has 5 nitrogen and oxygen atoms in total. The summed E-state index contributed by atoms with van der Waals surface area (Å²) in [6.07, 6.45) is 19.5. The van der Waals surface area contributed by atoms with E-state index in [1.165, 1.54) is 76.5 Å². The Labute approximate surface area is 161 Å². The quantitative estimate of drug-likeness (QED) is 0.230. The van der Waals surface area contributed by atoms with Gasteiger partial charge in [0.05, 0.1) is 6.54 Å². The van der Waals surface area contributed by atoms with Crippen LogP contribution < -0.4 is 4.57 Å². The molecule has 0 bridgehead atoms. The van der Waals surface area contributed by atoms with Crippen LogP contribution >= 0.6 is 0 Å². The zero-order valence-electron chi connectivity index (χ0n) is 16.4. The molecule has 0 radical (unpaired) electrons. The second kappa shape index (κ2) is 14.0. The molecule has 0 fully saturated rings. The van der Waals surface area contributed by atoms with Crippen molar-refractivity contribution in [3.05, 3.63) is 18.2 Å². The monoisotopic (exact) mass is 414 g/mol. The largest absolute Gasteiger partial charge is 0.741 e. The maximum Gasteiger partial charge on any atom is 0.485 e. The van der Waals surface area contributed by atoms with Crippen LogP contribution in [0.25, 0.3) is 0 Å². The first-order valence-electron chi connectivity index (χ1n) is 9.71. The molecule has 1 N–H and O–H groups in total. The van der Waals surface area contributed by atoms with Crippen LogP contribution in [-0.4, -0.2) is 23.5 Å². The number of hydrogen-bond acceptors (Lipinski definition) is 3. The lowest BCUT2D eigenvalue weighted by Crippen LogP contribution is -2.34. The number of aromatic amines is 1. The van der Waals surface area contributed by atoms with Crippen molar-refractivity contribution in [1.82, 2.24) is 4.98 Å². The van der Waals surface area contributed by atoms with Gasteiger partial charge in [-0.15, -0.1) is 0 Å². The van der Waals surface area contributed by atoms with E-state index >= 15 is 0 Å². The third-order valence-corrected chi connectivity index (χ3v) is 4.81. The van der Waals surface area contributed by atoms with E-state index in [0.29, 0.717) is 0 Å². The number of imidazole rings is 1. The zero-order valence-corrected chi connectivity index (χ0v) is 17.2. The summed E-state index contributed by atoms with van der Waals surface area (Å²) in [4.78, 5) is 3.35. The van der Waals surface area contributed by atoms with E-state index in [1.54, 1.807) is 0 Å². The van der Waals surface area contributed by atoms with Crippen LogP contribution in [-0.2, 0) is 23.1 Å². The fourth-order valence-electron chi connectivity index (χ4n) is 2.69. The summed E-state index contributed by atoms with van der Waals surface area (Å²) in [6.45, 7) is 5.57. The minimum Gasteiger partial charge on any atom is -0.741 e. The standard InChI is InChI=1S/C17H32N2.CHF3O3S/c1-3-5-6-7-8-9-10-11-12-13-14-17-18-15-16-19(17)4-2;2-1(3,4)8(5,6)7/h15-16H,3-14H2,1-2H3;(H,5,6,7). The van der Waals surface area contributed by atoms with Gasteiger partial charge in [-0.2, -0.15) is 13.2 Å². The van der Waals surface area contributed by atoms with Crippen molar-refractivity contribution in [2.24, 2.45) is 0 Å². The van der Waals surface area contributed by atoms with Crippen molar-refractivity contribution in [2.45, 2.75) is 96.5 Å². The molecule has 0 amide bonds. The summed E-state index contributed by atoms with van der Waals surface area (Å²) in [5.41, 5.74) is -5.65. The predicted molar refractivity (Wildman–Crippen MR) is 98.0 cm³/mol. The van der Waals surface area contributed by atoms with Gasteiger partial charge in [0.25, 0.3) is 5.82 Å². The van der Waals surface area contributed by atoms with Crippen molar-refractivity contribution in [2.75, 3.05) is 0 Å². The minimum atomic E-state index is -6.09. The molecule has 0 unspecified atom stereocenters. The third kappa shape index (κ3) is 12.8. The number of unbranched alkanes of at least 4 members (excludes halogenated alkanes) is 9. The molecule has 0 aliphatic rings. The molecule has 9 heteroatoms. The second-order valence-corrected chi connectivity index (χ2v) is 7.90. The number of alkyl halides is 3. The molecule has 1 aromatic rings. The maximum atomic E-state index is 10.7. The van der Waals surface area contributed by atoms with Crippen LogP contribution in [0.1, 0.15) is 83.9 Å². The van der Waals surface area contributed by atoms with Crippen molar-refractivity contribution < 1.29 is 30.7 Å². The summed E-state index contributed by atoms with van der Waals surface area (Å²) in [5, 5.41) is 0. The average Bonchev–Trinajstić information content (AvgIpc) is 3.03. The van der Waals surface area contributed by atoms with Crippen molar-refractivity contribution in [3.63, 3.8) is 0 Å². The van der Waals surface area contributed by atoms with Gasteiger partial charge in [-0.3, -0.25) is 0 Å². The van der Waals surface area contributed by atoms with E-state index < -0.39 is 15.6 Å². The van der Waals surface area contributed by atoms with E-state index in [-0.39, 0.29) is 0 Å². The van der Waals surface area contributed by atoms with E-state index in [4.69, 9.17) is 13.0 Å². The summed E-state index contributed by atoms with van der Waals surface area (Å²) in [5.74, 6) is 1.39. The Morgan fingerprint density at radius 1 is 0.963 bits per heavy atom. The van der Waals surface area contributed by atoms with E-state index in [1.807, 2.05) is 0 Å². The highest BCUT2D eigenvalue weighted by Gasteiger charge is 2.36. The van der Waals surface area contributed by atoms with Crippen LogP contribution in [0, 0.1) is 0 Å². The van der Waals surface area contributed by atoms with Crippen LogP contribution in [0.4, 0.5) is 13.2 Å². The Morgan fingerprint density at radius 3 is 1.81 bits per heavy atom. The highest BCUT2D eigenvalue weighted by atomic mass is 32.2. The minimum absolute atomic E-state index is 1.08. The molecule has 160 valence electrons. The maximum absolute atomic E-state index is 10.7. The third-order valence-electron chi connectivity index (χ3n) is 4.24. The fourth-order valence-corrected chi connectivity index (χ4v) is 2.69. The number of aryl methyl sites for hydroxylation is 2. The van der Waals surface area contributed by atoms with Crippen LogP contribution in [0.5, 0.6) is 0 Å². The first kappa shape index (κ1) is 25.9. The van der Waals surface area contributed by atoms with Crippen LogP contribution in [0.2, 0.25) is 0 Å². The summed E-state index contributed by atoms with van der Waals surface area (Å²) >= 11 is 0. The van der Waals surface area contributed by atoms with Gasteiger partial charge in [-0.1, -0.05) is 64.7 Å². The number of H-pyrrole nitrogens is 1. The van der Waals surface area contributed by atoms with Gasteiger partial charge >= 0.3 is 5.51 Å². The Bertz CT molecular complexity index is 587. The molecule has 0 aromatic carbocycles. The zero-order chi connectivity index (χ0) is 20.8. The molecule has 0 saturated carbocycles. The van der Waals surface area contributed by atoms with Crippen LogP contribution in [0.3, 0.4) is 0 Å². The highest BCUT2D eigenvalue weighted by molar-refractivity contribution is 7.86. The molecule has 1 rings (SSSR count). The fraction of sp³-hybridized carbons (Fsp3) is 0.833. The normalized spacial score (nSPS) is 11.9. The first-order chi connectivity index (χ1) is 12.6. The number of nitrogens with one attached hydrogen (secondary N) is 1. The van der Waals surface area contributed by atoms with Gasteiger partial charge in [0, 0.05) is 6.42 Å². The number of nitrogens with zero attached hydrogens (tertiary/aromatic N) is 1. The van der Waals surface area contributed by atoms with E-state index in [0.717, 1.165) is 6.54 Å². The van der Waals surface area contributed by atoms with Gasteiger partial charge in [0.15, 0.2) is 10.1 Å². The second-order valence-electron chi connectivity index (χ2n) is 6.52. The SMILES string of the molecule is CCCCCCCCCCCCc1[nH]cc[n+]1CC.O=S(=O)([O-])C(F)(F)F. The van der Waals surface area contributed by atoms with E-state index in [2.05, 4.69) is 35.8 Å². The Balaban J connectivity index is 0.000000713. The smallest absolute Gasteiger partial charge is 0.485 e. The Morgan fingerprint density at radius 2 is 1.41 bits per heavy atom. The number of halogens is 3. The highest BCUT2D eigenvalue weighted by Crippen LogP contribution is 2.20. The first-order valence-corrected chi connectivity index (χ1v) is 11.1. The molecule has 1 heterocycles. The summed E-state index contributed by atoms with van der Waals surface area (Å²) in [7, 11) is -6.09. The molecule has 1 aromatic heterocycles. The lowest BCUT2D eigenvalue weighted by molar-refractivity contribution is -0.699. The number of hydrogen-bond donors (Lipinski definition) is 1. The average molecular weight is 415 g/mol. The van der Waals surface area contributed by atoms with E-state index in [9.17, 15) is 13.2 Å². The topological polar surface area (TPSA) is 76.9 Å².